The second-order valence-electron chi connectivity index (χ2n) is 2.30. The first kappa shape index (κ1) is 8.45. The average molecular weight is 166 g/mol. The molecule has 1 aromatic heterocycles. The van der Waals surface area contributed by atoms with Crippen molar-refractivity contribution in [1.29, 1.82) is 0 Å². The Bertz CT molecular complexity index is 356. The van der Waals surface area contributed by atoms with Crippen LogP contribution in [0.4, 0.5) is 5.69 Å². The topological polar surface area (TPSA) is 64.0 Å². The number of carbonyl (C=O) groups is 1. The van der Waals surface area contributed by atoms with Gasteiger partial charge in [-0.25, -0.2) is 4.68 Å². The van der Waals surface area contributed by atoms with Crippen LogP contribution in [0, 0.1) is 6.20 Å². The van der Waals surface area contributed by atoms with Gasteiger partial charge in [-0.15, -0.1) is 0 Å². The minimum Gasteiger partial charge on any atom is -0.322 e. The van der Waals surface area contributed by atoms with Crippen LogP contribution in [-0.4, -0.2) is 15.7 Å². The van der Waals surface area contributed by atoms with E-state index in [1.165, 1.54) is 20.0 Å². The maximum absolute atomic E-state index is 11.2. The van der Waals surface area contributed by atoms with E-state index in [9.17, 15) is 9.59 Å². The third kappa shape index (κ3) is 1.69. The molecule has 0 aliphatic carbocycles. The Morgan fingerprint density at radius 2 is 2.42 bits per heavy atom. The fourth-order valence-electron chi connectivity index (χ4n) is 0.741. The van der Waals surface area contributed by atoms with Gasteiger partial charge in [-0.3, -0.25) is 9.59 Å². The van der Waals surface area contributed by atoms with E-state index in [-0.39, 0.29) is 17.2 Å². The molecule has 1 heterocycles. The van der Waals surface area contributed by atoms with Crippen LogP contribution in [0.15, 0.2) is 10.9 Å². The highest BCUT2D eigenvalue weighted by molar-refractivity contribution is 5.88. The lowest BCUT2D eigenvalue weighted by Gasteiger charge is -2.00. The van der Waals surface area contributed by atoms with Crippen LogP contribution in [0.2, 0.25) is 0 Å². The molecule has 1 N–H and O–H groups in total. The highest BCUT2D eigenvalue weighted by Crippen LogP contribution is 1.93. The largest absolute Gasteiger partial charge is 0.322 e. The zero-order chi connectivity index (χ0) is 9.14. The van der Waals surface area contributed by atoms with Crippen LogP contribution in [-0.2, 0) is 11.8 Å². The first-order valence-electron chi connectivity index (χ1n) is 3.33. The summed E-state index contributed by atoms with van der Waals surface area (Å²) < 4.78 is 1.10. The molecule has 12 heavy (non-hydrogen) atoms. The van der Waals surface area contributed by atoms with Crippen molar-refractivity contribution < 1.29 is 4.79 Å². The van der Waals surface area contributed by atoms with E-state index in [4.69, 9.17) is 0 Å². The lowest BCUT2D eigenvalue weighted by molar-refractivity contribution is -0.114. The number of rotatable bonds is 1. The first-order chi connectivity index (χ1) is 5.61. The summed E-state index contributed by atoms with van der Waals surface area (Å²) in [5, 5.41) is 5.94. The summed E-state index contributed by atoms with van der Waals surface area (Å²) in [6.07, 6.45) is 2.47. The van der Waals surface area contributed by atoms with Crippen molar-refractivity contribution in [2.75, 3.05) is 5.32 Å². The van der Waals surface area contributed by atoms with Gasteiger partial charge < -0.3 is 5.32 Å². The van der Waals surface area contributed by atoms with E-state index in [0.717, 1.165) is 4.68 Å². The van der Waals surface area contributed by atoms with Gasteiger partial charge in [0.2, 0.25) is 5.91 Å². The number of nitrogens with one attached hydrogen (secondary N) is 1. The van der Waals surface area contributed by atoms with Crippen molar-refractivity contribution >= 4 is 11.6 Å². The third-order valence-corrected chi connectivity index (χ3v) is 1.25. The molecule has 1 aromatic rings. The number of hydrogen-bond acceptors (Lipinski definition) is 3. The van der Waals surface area contributed by atoms with Crippen molar-refractivity contribution in [3.05, 3.63) is 22.6 Å². The number of carbonyl (C=O) groups excluding carboxylic acids is 1. The molecule has 1 radical (unpaired) electrons. The van der Waals surface area contributed by atoms with Gasteiger partial charge in [-0.2, -0.15) is 5.10 Å². The number of amides is 1. The van der Waals surface area contributed by atoms with Gasteiger partial charge in [0.15, 0.2) is 0 Å². The summed E-state index contributed by atoms with van der Waals surface area (Å²) >= 11 is 0. The van der Waals surface area contributed by atoms with E-state index in [0.29, 0.717) is 0 Å². The van der Waals surface area contributed by atoms with Crippen LogP contribution < -0.4 is 10.9 Å². The molecule has 5 heteroatoms. The lowest BCUT2D eigenvalue weighted by Crippen LogP contribution is -2.24. The van der Waals surface area contributed by atoms with E-state index in [1.807, 2.05) is 0 Å². The second kappa shape index (κ2) is 3.17. The van der Waals surface area contributed by atoms with Gasteiger partial charge in [0, 0.05) is 14.0 Å². The quantitative estimate of drug-likeness (QED) is 0.614. The molecule has 5 nitrogen and oxygen atoms in total. The summed E-state index contributed by atoms with van der Waals surface area (Å²) in [7, 11) is 1.49. The Balaban J connectivity index is 3.09. The molecular weight excluding hydrogens is 158 g/mol. The Hall–Kier alpha value is -1.65. The molecule has 0 saturated carbocycles. The summed E-state index contributed by atoms with van der Waals surface area (Å²) in [6, 6.07) is 1.34. The van der Waals surface area contributed by atoms with Gasteiger partial charge in [-0.05, 0) is 6.07 Å². The molecule has 0 atom stereocenters. The summed E-state index contributed by atoms with van der Waals surface area (Å²) in [5.74, 6) is -0.285. The Labute approximate surface area is 69.0 Å². The van der Waals surface area contributed by atoms with E-state index < -0.39 is 0 Å². The lowest BCUT2D eigenvalue weighted by atomic mass is 10.4. The molecule has 1 amide bonds. The number of aromatic nitrogens is 2. The molecule has 0 saturated heterocycles. The standard InChI is InChI=1S/C7H8N3O2/c1-5(11)9-6-3-4-8-10(2)7(6)12/h3H,1-2H3,(H,9,11). The smallest absolute Gasteiger partial charge is 0.290 e. The van der Waals surface area contributed by atoms with Crippen molar-refractivity contribution in [3.8, 4) is 0 Å². The molecule has 0 aliphatic rings. The summed E-state index contributed by atoms with van der Waals surface area (Å²) in [6.45, 7) is 1.33. The highest BCUT2D eigenvalue weighted by atomic mass is 16.2. The number of aryl methyl sites for hydroxylation is 1. The third-order valence-electron chi connectivity index (χ3n) is 1.25. The zero-order valence-corrected chi connectivity index (χ0v) is 6.79. The van der Waals surface area contributed by atoms with Gasteiger partial charge in [0.1, 0.15) is 11.9 Å². The molecule has 0 unspecified atom stereocenters. The van der Waals surface area contributed by atoms with Crippen LogP contribution in [0.1, 0.15) is 6.92 Å². The first-order valence-corrected chi connectivity index (χ1v) is 3.33. The molecule has 1 rings (SSSR count). The fourth-order valence-corrected chi connectivity index (χ4v) is 0.741. The van der Waals surface area contributed by atoms with Crippen LogP contribution in [0.5, 0.6) is 0 Å². The van der Waals surface area contributed by atoms with Crippen molar-refractivity contribution in [2.24, 2.45) is 7.05 Å². The zero-order valence-electron chi connectivity index (χ0n) is 6.79. The van der Waals surface area contributed by atoms with Crippen molar-refractivity contribution in [2.45, 2.75) is 6.92 Å². The fraction of sp³-hybridized carbons (Fsp3) is 0.286. The normalized spacial score (nSPS) is 9.50. The average Bonchev–Trinajstić information content (AvgIpc) is 1.98. The molecule has 0 spiro atoms. The highest BCUT2D eigenvalue weighted by Gasteiger charge is 2.01. The number of hydrogen-bond donors (Lipinski definition) is 1. The molecule has 0 bridgehead atoms. The van der Waals surface area contributed by atoms with Crippen LogP contribution >= 0.6 is 0 Å². The minimum absolute atomic E-state index is 0.194. The summed E-state index contributed by atoms with van der Waals surface area (Å²) in [4.78, 5) is 21.8. The maximum Gasteiger partial charge on any atom is 0.290 e. The van der Waals surface area contributed by atoms with Crippen molar-refractivity contribution in [3.63, 3.8) is 0 Å². The van der Waals surface area contributed by atoms with Crippen LogP contribution in [0.3, 0.4) is 0 Å². The summed E-state index contributed by atoms with van der Waals surface area (Å²) in [5.41, 5.74) is -0.149. The number of anilines is 1. The number of nitrogens with zero attached hydrogens (tertiary/aromatic N) is 2. The Morgan fingerprint density at radius 1 is 1.75 bits per heavy atom. The molecule has 0 fully saturated rings. The molecule has 0 aliphatic heterocycles. The van der Waals surface area contributed by atoms with Gasteiger partial charge in [0.25, 0.3) is 5.56 Å². The van der Waals surface area contributed by atoms with Gasteiger partial charge in [0.05, 0.1) is 0 Å². The van der Waals surface area contributed by atoms with E-state index in [2.05, 4.69) is 16.6 Å². The van der Waals surface area contributed by atoms with E-state index >= 15 is 0 Å². The van der Waals surface area contributed by atoms with Gasteiger partial charge >= 0.3 is 0 Å². The SMILES string of the molecule is CC(=O)Nc1c[c]nn(C)c1=O. The monoisotopic (exact) mass is 166 g/mol. The minimum atomic E-state index is -0.344. The maximum atomic E-state index is 11.2. The molecular formula is C7H8N3O2. The molecule has 0 aromatic carbocycles. The molecule has 63 valence electrons. The second-order valence-corrected chi connectivity index (χ2v) is 2.30. The predicted octanol–water partition coefficient (Wildman–Crippen LogP) is -0.461. The van der Waals surface area contributed by atoms with Gasteiger partial charge in [-0.1, -0.05) is 0 Å². The van der Waals surface area contributed by atoms with Crippen molar-refractivity contribution in [1.82, 2.24) is 9.78 Å². The Morgan fingerprint density at radius 3 is 3.00 bits per heavy atom. The Kier molecular flexibility index (Phi) is 2.23. The predicted molar refractivity (Wildman–Crippen MR) is 42.6 cm³/mol. The van der Waals surface area contributed by atoms with E-state index in [1.54, 1.807) is 0 Å². The van der Waals surface area contributed by atoms with Crippen LogP contribution in [0.25, 0.3) is 0 Å².